The van der Waals surface area contributed by atoms with E-state index in [9.17, 15) is 9.59 Å². The van der Waals surface area contributed by atoms with Gasteiger partial charge in [0.2, 0.25) is 5.91 Å². The molecule has 0 atom stereocenters. The molecule has 2 N–H and O–H groups in total. The number of amides is 2. The van der Waals surface area contributed by atoms with Gasteiger partial charge in [0.05, 0.1) is 22.6 Å². The number of aryl methyl sites for hydroxylation is 2. The van der Waals surface area contributed by atoms with Crippen LogP contribution in [0.3, 0.4) is 0 Å². The SMILES string of the molecule is CNC(=O)CCc1cc(-c2ccc(-c3ccc(C)cc3)cc2)n(-c2ccc(NC(=O)c3ccsc3)cc2)n1. The van der Waals surface area contributed by atoms with Crippen LogP contribution in [0.15, 0.2) is 95.7 Å². The van der Waals surface area contributed by atoms with Gasteiger partial charge < -0.3 is 10.6 Å². The Morgan fingerprint density at radius 3 is 2.16 bits per heavy atom. The van der Waals surface area contributed by atoms with Crippen molar-refractivity contribution in [2.45, 2.75) is 19.8 Å². The van der Waals surface area contributed by atoms with Crippen molar-refractivity contribution in [3.05, 3.63) is 113 Å². The minimum absolute atomic E-state index is 0.0192. The molecule has 38 heavy (non-hydrogen) atoms. The van der Waals surface area contributed by atoms with E-state index in [-0.39, 0.29) is 11.8 Å². The fraction of sp³-hybridized carbons (Fsp3) is 0.129. The summed E-state index contributed by atoms with van der Waals surface area (Å²) in [6.07, 6.45) is 0.906. The zero-order valence-corrected chi connectivity index (χ0v) is 22.1. The number of carbonyl (C=O) groups excluding carboxylic acids is 2. The van der Waals surface area contributed by atoms with E-state index in [4.69, 9.17) is 5.10 Å². The molecule has 0 fully saturated rings. The minimum atomic E-state index is -0.135. The maximum Gasteiger partial charge on any atom is 0.256 e. The highest BCUT2D eigenvalue weighted by Gasteiger charge is 2.14. The molecule has 0 spiro atoms. The van der Waals surface area contributed by atoms with Gasteiger partial charge in [0, 0.05) is 36.5 Å². The number of anilines is 1. The Morgan fingerprint density at radius 1 is 0.868 bits per heavy atom. The number of aromatic nitrogens is 2. The minimum Gasteiger partial charge on any atom is -0.359 e. The summed E-state index contributed by atoms with van der Waals surface area (Å²) in [5.74, 6) is -0.154. The first-order valence-electron chi connectivity index (χ1n) is 12.4. The third-order valence-corrected chi connectivity index (χ3v) is 7.05. The van der Waals surface area contributed by atoms with Gasteiger partial charge in [0.1, 0.15) is 0 Å². The second-order valence-corrected chi connectivity index (χ2v) is 9.84. The lowest BCUT2D eigenvalue weighted by Gasteiger charge is -2.10. The van der Waals surface area contributed by atoms with E-state index in [2.05, 4.69) is 66.1 Å². The summed E-state index contributed by atoms with van der Waals surface area (Å²) in [6, 6.07) is 28.4. The van der Waals surface area contributed by atoms with Gasteiger partial charge >= 0.3 is 0 Å². The Labute approximate surface area is 226 Å². The topological polar surface area (TPSA) is 76.0 Å². The molecule has 0 unspecified atom stereocenters. The predicted octanol–water partition coefficient (Wildman–Crippen LogP) is 6.51. The highest BCUT2D eigenvalue weighted by molar-refractivity contribution is 7.08. The maximum absolute atomic E-state index is 12.4. The van der Waals surface area contributed by atoms with Gasteiger partial charge in [0.15, 0.2) is 0 Å². The standard InChI is InChI=1S/C31H28N4O2S/c1-21-3-5-22(6-4-21)23-7-9-24(10-8-23)29-19-27(13-16-30(36)32-2)34-35(29)28-14-11-26(12-15-28)33-31(37)25-17-18-38-20-25/h3-12,14-15,17-20H,13,16H2,1-2H3,(H,32,36)(H,33,37). The molecule has 0 radical (unpaired) electrons. The Morgan fingerprint density at radius 2 is 1.53 bits per heavy atom. The number of thiophene rings is 1. The van der Waals surface area contributed by atoms with Gasteiger partial charge in [0.25, 0.3) is 5.91 Å². The van der Waals surface area contributed by atoms with Crippen molar-refractivity contribution in [3.63, 3.8) is 0 Å². The normalized spacial score (nSPS) is 10.8. The van der Waals surface area contributed by atoms with Gasteiger partial charge in [-0.2, -0.15) is 16.4 Å². The van der Waals surface area contributed by atoms with Crippen molar-refractivity contribution >= 4 is 28.8 Å². The van der Waals surface area contributed by atoms with Crippen molar-refractivity contribution < 1.29 is 9.59 Å². The van der Waals surface area contributed by atoms with E-state index in [1.807, 2.05) is 45.8 Å². The van der Waals surface area contributed by atoms with Crippen LogP contribution in [0.1, 0.15) is 28.0 Å². The first-order chi connectivity index (χ1) is 18.5. The Balaban J connectivity index is 1.43. The van der Waals surface area contributed by atoms with Gasteiger partial charge in [-0.15, -0.1) is 0 Å². The van der Waals surface area contributed by atoms with Crippen molar-refractivity contribution in [1.29, 1.82) is 0 Å². The highest BCUT2D eigenvalue weighted by atomic mass is 32.1. The highest BCUT2D eigenvalue weighted by Crippen LogP contribution is 2.28. The Bertz CT molecular complexity index is 1540. The number of carbonyl (C=O) groups is 2. The number of nitrogens with one attached hydrogen (secondary N) is 2. The Kier molecular flexibility index (Phi) is 7.47. The zero-order valence-electron chi connectivity index (χ0n) is 21.3. The van der Waals surface area contributed by atoms with Crippen LogP contribution >= 0.6 is 11.3 Å². The number of hydrogen-bond acceptors (Lipinski definition) is 4. The summed E-state index contributed by atoms with van der Waals surface area (Å²) < 4.78 is 1.89. The van der Waals surface area contributed by atoms with Crippen LogP contribution in [0.5, 0.6) is 0 Å². The maximum atomic E-state index is 12.4. The van der Waals surface area contributed by atoms with Crippen LogP contribution in [-0.2, 0) is 11.2 Å². The van der Waals surface area contributed by atoms with Gasteiger partial charge in [-0.3, -0.25) is 9.59 Å². The molecule has 190 valence electrons. The lowest BCUT2D eigenvalue weighted by molar-refractivity contribution is -0.120. The summed E-state index contributed by atoms with van der Waals surface area (Å²) in [5.41, 5.74) is 8.55. The molecule has 2 amide bonds. The molecule has 5 rings (SSSR count). The molecular weight excluding hydrogens is 492 g/mol. The first-order valence-corrected chi connectivity index (χ1v) is 13.4. The average molecular weight is 521 g/mol. The molecule has 2 heterocycles. The number of nitrogens with zero attached hydrogens (tertiary/aromatic N) is 2. The van der Waals surface area contributed by atoms with E-state index < -0.39 is 0 Å². The van der Waals surface area contributed by atoms with E-state index in [1.54, 1.807) is 13.1 Å². The fourth-order valence-electron chi connectivity index (χ4n) is 4.18. The molecule has 0 aliphatic carbocycles. The van der Waals surface area contributed by atoms with Gasteiger partial charge in [-0.1, -0.05) is 54.1 Å². The number of benzene rings is 3. The van der Waals surface area contributed by atoms with Crippen molar-refractivity contribution in [1.82, 2.24) is 15.1 Å². The number of rotatable bonds is 8. The molecule has 2 aromatic heterocycles. The van der Waals surface area contributed by atoms with Crippen molar-refractivity contribution in [3.8, 4) is 28.1 Å². The molecule has 5 aromatic rings. The summed E-state index contributed by atoms with van der Waals surface area (Å²) >= 11 is 1.49. The summed E-state index contributed by atoms with van der Waals surface area (Å²) in [5, 5.41) is 14.1. The smallest absolute Gasteiger partial charge is 0.256 e. The molecule has 0 aliphatic heterocycles. The number of hydrogen-bond donors (Lipinski definition) is 2. The molecule has 0 aliphatic rings. The van der Waals surface area contributed by atoms with E-state index >= 15 is 0 Å². The molecule has 3 aromatic carbocycles. The van der Waals surface area contributed by atoms with Crippen molar-refractivity contribution in [2.75, 3.05) is 12.4 Å². The Hall–Kier alpha value is -4.49. The van der Waals surface area contributed by atoms with E-state index in [0.29, 0.717) is 24.1 Å². The molecular formula is C31H28N4O2S. The third-order valence-electron chi connectivity index (χ3n) is 6.37. The largest absolute Gasteiger partial charge is 0.359 e. The van der Waals surface area contributed by atoms with Gasteiger partial charge in [-0.05, 0) is 59.8 Å². The van der Waals surface area contributed by atoms with Crippen molar-refractivity contribution in [2.24, 2.45) is 0 Å². The van der Waals surface area contributed by atoms with E-state index in [0.717, 1.165) is 28.2 Å². The van der Waals surface area contributed by atoms with Crippen LogP contribution in [0.2, 0.25) is 0 Å². The quantitative estimate of drug-likeness (QED) is 0.245. The second-order valence-electron chi connectivity index (χ2n) is 9.06. The van der Waals surface area contributed by atoms with Crippen LogP contribution in [0.25, 0.3) is 28.1 Å². The van der Waals surface area contributed by atoms with Crippen LogP contribution in [0, 0.1) is 6.92 Å². The lowest BCUT2D eigenvalue weighted by Crippen LogP contribution is -2.18. The summed E-state index contributed by atoms with van der Waals surface area (Å²) in [6.45, 7) is 2.08. The molecule has 0 bridgehead atoms. The van der Waals surface area contributed by atoms with Gasteiger partial charge in [-0.25, -0.2) is 4.68 Å². The summed E-state index contributed by atoms with van der Waals surface area (Å²) in [4.78, 5) is 24.3. The third kappa shape index (κ3) is 5.74. The molecule has 0 saturated heterocycles. The fourth-order valence-corrected chi connectivity index (χ4v) is 4.82. The monoisotopic (exact) mass is 520 g/mol. The van der Waals surface area contributed by atoms with Crippen LogP contribution in [0.4, 0.5) is 5.69 Å². The molecule has 0 saturated carbocycles. The lowest BCUT2D eigenvalue weighted by atomic mass is 10.0. The van der Waals surface area contributed by atoms with Crippen LogP contribution in [-0.4, -0.2) is 28.6 Å². The first kappa shape index (κ1) is 25.2. The summed E-state index contributed by atoms with van der Waals surface area (Å²) in [7, 11) is 1.64. The zero-order chi connectivity index (χ0) is 26.5. The second kappa shape index (κ2) is 11.3. The average Bonchev–Trinajstić information content (AvgIpc) is 3.64. The van der Waals surface area contributed by atoms with Crippen LogP contribution < -0.4 is 10.6 Å². The van der Waals surface area contributed by atoms with E-state index in [1.165, 1.54) is 22.5 Å². The molecule has 6 nitrogen and oxygen atoms in total. The predicted molar refractivity (Wildman–Crippen MR) is 154 cm³/mol. The molecule has 7 heteroatoms.